The molecule has 2 aromatic carbocycles. The van der Waals surface area contributed by atoms with Gasteiger partial charge in [-0.15, -0.1) is 0 Å². The fraction of sp³-hybridized carbons (Fsp3) is 0.381. The molecule has 1 aliphatic heterocycles. The van der Waals surface area contributed by atoms with Gasteiger partial charge in [0.05, 0.1) is 11.5 Å². The molecular formula is C21H24F2N2O3S. The summed E-state index contributed by atoms with van der Waals surface area (Å²) in [5, 5.41) is 2.84. The van der Waals surface area contributed by atoms with Crippen molar-refractivity contribution in [3.8, 4) is 0 Å². The number of rotatable bonds is 6. The zero-order valence-corrected chi connectivity index (χ0v) is 17.0. The van der Waals surface area contributed by atoms with Gasteiger partial charge in [-0.1, -0.05) is 36.4 Å². The number of carbonyl (C=O) groups is 1. The number of nitrogens with one attached hydrogen (secondary N) is 1. The van der Waals surface area contributed by atoms with Crippen LogP contribution in [0.3, 0.4) is 0 Å². The van der Waals surface area contributed by atoms with E-state index in [1.165, 1.54) is 18.2 Å². The highest BCUT2D eigenvalue weighted by Crippen LogP contribution is 2.24. The molecule has 0 radical (unpaired) electrons. The first-order valence-corrected chi connectivity index (χ1v) is 11.3. The number of carbonyl (C=O) groups excluding carboxylic acids is 1. The van der Waals surface area contributed by atoms with Crippen LogP contribution in [0.2, 0.25) is 0 Å². The first-order valence-electron chi connectivity index (χ1n) is 9.49. The zero-order valence-electron chi connectivity index (χ0n) is 16.1. The molecule has 0 aliphatic carbocycles. The summed E-state index contributed by atoms with van der Waals surface area (Å²) >= 11 is 0. The smallest absolute Gasteiger partial charge is 0.242 e. The van der Waals surface area contributed by atoms with Crippen molar-refractivity contribution in [1.82, 2.24) is 10.2 Å². The maximum Gasteiger partial charge on any atom is 0.242 e. The fourth-order valence-electron chi connectivity index (χ4n) is 3.55. The van der Waals surface area contributed by atoms with Crippen molar-refractivity contribution in [1.29, 1.82) is 0 Å². The highest BCUT2D eigenvalue weighted by Gasteiger charge is 2.33. The zero-order chi connectivity index (χ0) is 21.0. The Morgan fingerprint density at radius 3 is 2.21 bits per heavy atom. The molecule has 2 unspecified atom stereocenters. The van der Waals surface area contributed by atoms with Crippen molar-refractivity contribution >= 4 is 15.7 Å². The molecule has 5 nitrogen and oxygen atoms in total. The second-order valence-electron chi connectivity index (χ2n) is 7.31. The molecule has 1 N–H and O–H groups in total. The molecule has 1 fully saturated rings. The van der Waals surface area contributed by atoms with Crippen LogP contribution in [0.5, 0.6) is 0 Å². The molecule has 1 heterocycles. The van der Waals surface area contributed by atoms with Gasteiger partial charge < -0.3 is 5.32 Å². The van der Waals surface area contributed by atoms with E-state index in [0.717, 1.165) is 5.56 Å². The Balaban J connectivity index is 1.76. The van der Waals surface area contributed by atoms with Crippen LogP contribution in [0.15, 0.2) is 48.5 Å². The monoisotopic (exact) mass is 422 g/mol. The molecule has 29 heavy (non-hydrogen) atoms. The Kier molecular flexibility index (Phi) is 6.64. The number of hydrogen-bond donors (Lipinski definition) is 1. The van der Waals surface area contributed by atoms with Gasteiger partial charge in [0.25, 0.3) is 0 Å². The van der Waals surface area contributed by atoms with Crippen LogP contribution in [0.4, 0.5) is 8.78 Å². The first-order chi connectivity index (χ1) is 13.8. The summed E-state index contributed by atoms with van der Waals surface area (Å²) < 4.78 is 51.4. The second-order valence-corrected chi connectivity index (χ2v) is 9.62. The van der Waals surface area contributed by atoms with Crippen LogP contribution in [-0.2, 0) is 21.1 Å². The van der Waals surface area contributed by atoms with E-state index in [9.17, 15) is 22.0 Å². The highest BCUT2D eigenvalue weighted by atomic mass is 32.2. The molecule has 0 aromatic heterocycles. The summed E-state index contributed by atoms with van der Waals surface area (Å²) in [4.78, 5) is 14.9. The summed E-state index contributed by atoms with van der Waals surface area (Å²) in [6, 6.07) is 11.6. The Morgan fingerprint density at radius 2 is 1.62 bits per heavy atom. The lowest BCUT2D eigenvalue weighted by molar-refractivity contribution is -0.127. The van der Waals surface area contributed by atoms with E-state index in [2.05, 4.69) is 5.32 Å². The fourth-order valence-corrected chi connectivity index (χ4v) is 4.78. The lowest BCUT2D eigenvalue weighted by atomic mass is 10.0. The summed E-state index contributed by atoms with van der Waals surface area (Å²) in [6.07, 6.45) is 0.0140. The van der Waals surface area contributed by atoms with Crippen molar-refractivity contribution in [3.05, 3.63) is 71.3 Å². The van der Waals surface area contributed by atoms with Crippen LogP contribution in [0, 0.1) is 11.6 Å². The lowest BCUT2D eigenvalue weighted by Gasteiger charge is -2.34. The van der Waals surface area contributed by atoms with E-state index >= 15 is 0 Å². The Hall–Kier alpha value is -2.32. The molecule has 8 heteroatoms. The molecule has 0 bridgehead atoms. The van der Waals surface area contributed by atoms with Crippen molar-refractivity contribution in [2.75, 3.05) is 24.6 Å². The maximum atomic E-state index is 13.9. The van der Waals surface area contributed by atoms with Crippen LogP contribution in [0.1, 0.15) is 24.1 Å². The van der Waals surface area contributed by atoms with E-state index in [-0.39, 0.29) is 42.5 Å². The van der Waals surface area contributed by atoms with E-state index in [4.69, 9.17) is 0 Å². The molecule has 1 amide bonds. The predicted octanol–water partition coefficient (Wildman–Crippen LogP) is 2.48. The third kappa shape index (κ3) is 5.39. The van der Waals surface area contributed by atoms with Gasteiger partial charge in [0.1, 0.15) is 17.7 Å². The van der Waals surface area contributed by atoms with Gasteiger partial charge >= 0.3 is 0 Å². The molecule has 2 aromatic rings. The summed E-state index contributed by atoms with van der Waals surface area (Å²) in [5.41, 5.74) is 0.675. The van der Waals surface area contributed by atoms with Gasteiger partial charge in [-0.3, -0.25) is 9.69 Å². The highest BCUT2D eigenvalue weighted by molar-refractivity contribution is 7.91. The second kappa shape index (κ2) is 9.00. The van der Waals surface area contributed by atoms with E-state index in [1.54, 1.807) is 6.92 Å². The van der Waals surface area contributed by atoms with Crippen LogP contribution >= 0.6 is 0 Å². The minimum atomic E-state index is -3.09. The molecule has 1 aliphatic rings. The quantitative estimate of drug-likeness (QED) is 0.777. The maximum absolute atomic E-state index is 13.9. The lowest BCUT2D eigenvalue weighted by Crippen LogP contribution is -2.49. The standard InChI is InChI=1S/C21H24F2N2O3S/c1-15(14-17-18(22)8-5-9-19(17)23)24-21(26)20(16-6-3-2-4-7-16)25-10-12-29(27,28)13-11-25/h2-9,15,20H,10-14H2,1H3,(H,24,26). The summed E-state index contributed by atoms with van der Waals surface area (Å²) in [7, 11) is -3.09. The van der Waals surface area contributed by atoms with Crippen LogP contribution in [-0.4, -0.2) is 49.9 Å². The minimum absolute atomic E-state index is 0.000392. The number of hydrogen-bond acceptors (Lipinski definition) is 4. The molecule has 156 valence electrons. The first kappa shape index (κ1) is 21.4. The molecule has 0 spiro atoms. The number of halogens is 2. The number of amides is 1. The van der Waals surface area contributed by atoms with Gasteiger partial charge in [0.15, 0.2) is 9.84 Å². The summed E-state index contributed by atoms with van der Waals surface area (Å²) in [5.74, 6) is -1.61. The average Bonchev–Trinajstić information content (AvgIpc) is 2.67. The molecule has 0 saturated carbocycles. The molecular weight excluding hydrogens is 398 g/mol. The van der Waals surface area contributed by atoms with Gasteiger partial charge in [0, 0.05) is 24.7 Å². The van der Waals surface area contributed by atoms with E-state index in [0.29, 0.717) is 0 Å². The van der Waals surface area contributed by atoms with Gasteiger partial charge in [-0.25, -0.2) is 17.2 Å². The van der Waals surface area contributed by atoms with Crippen molar-refractivity contribution in [3.63, 3.8) is 0 Å². The predicted molar refractivity (Wildman–Crippen MR) is 107 cm³/mol. The van der Waals surface area contributed by atoms with Crippen molar-refractivity contribution in [2.45, 2.75) is 25.4 Å². The Morgan fingerprint density at radius 1 is 1.03 bits per heavy atom. The van der Waals surface area contributed by atoms with Crippen LogP contribution in [0.25, 0.3) is 0 Å². The number of nitrogens with zero attached hydrogens (tertiary/aromatic N) is 1. The largest absolute Gasteiger partial charge is 0.352 e. The summed E-state index contributed by atoms with van der Waals surface area (Å²) in [6.45, 7) is 2.20. The number of sulfone groups is 1. The van der Waals surface area contributed by atoms with Gasteiger partial charge in [-0.05, 0) is 31.0 Å². The van der Waals surface area contributed by atoms with E-state index < -0.39 is 33.6 Å². The Labute approximate surface area is 169 Å². The van der Waals surface area contributed by atoms with Crippen molar-refractivity contribution < 1.29 is 22.0 Å². The molecule has 3 rings (SSSR count). The SMILES string of the molecule is CC(Cc1c(F)cccc1F)NC(=O)C(c1ccccc1)N1CCS(=O)(=O)CC1. The molecule has 1 saturated heterocycles. The van der Waals surface area contributed by atoms with Crippen LogP contribution < -0.4 is 5.32 Å². The molecule has 2 atom stereocenters. The minimum Gasteiger partial charge on any atom is -0.352 e. The van der Waals surface area contributed by atoms with Gasteiger partial charge in [-0.2, -0.15) is 0 Å². The topological polar surface area (TPSA) is 66.5 Å². The third-order valence-electron chi connectivity index (χ3n) is 5.07. The Bertz CT molecular complexity index is 933. The van der Waals surface area contributed by atoms with E-state index in [1.807, 2.05) is 35.2 Å². The number of benzene rings is 2. The van der Waals surface area contributed by atoms with Gasteiger partial charge in [0.2, 0.25) is 5.91 Å². The normalized spacial score (nSPS) is 18.7. The van der Waals surface area contributed by atoms with Crippen molar-refractivity contribution in [2.24, 2.45) is 0 Å². The third-order valence-corrected chi connectivity index (χ3v) is 6.68. The average molecular weight is 422 g/mol.